The van der Waals surface area contributed by atoms with Gasteiger partial charge in [-0.05, 0) is 37.8 Å². The van der Waals surface area contributed by atoms with E-state index in [4.69, 9.17) is 5.73 Å². The number of non-ortho nitro benzene ring substituents is 1. The van der Waals surface area contributed by atoms with Gasteiger partial charge in [0.25, 0.3) is 5.69 Å². The fourth-order valence-corrected chi connectivity index (χ4v) is 4.53. The monoisotopic (exact) mass is 365 g/mol. The van der Waals surface area contributed by atoms with Gasteiger partial charge in [0.2, 0.25) is 10.0 Å². The van der Waals surface area contributed by atoms with Crippen molar-refractivity contribution >= 4 is 28.1 Å². The van der Waals surface area contributed by atoms with Crippen molar-refractivity contribution in [3.05, 3.63) is 33.4 Å². The number of sulfonamides is 1. The molecule has 0 aliphatic carbocycles. The Balaban J connectivity index is 0.00000484. The summed E-state index contributed by atoms with van der Waals surface area (Å²) in [4.78, 5) is 10.4. The smallest absolute Gasteiger partial charge is 0.270 e. The molecule has 0 spiro atoms. The molecule has 9 heteroatoms. The lowest BCUT2D eigenvalue weighted by atomic mass is 9.95. The molecule has 0 radical (unpaired) electrons. The number of benzene rings is 1. The lowest BCUT2D eigenvalue weighted by Crippen LogP contribution is -2.52. The van der Waals surface area contributed by atoms with Crippen LogP contribution in [0, 0.1) is 24.0 Å². The third-order valence-electron chi connectivity index (χ3n) is 4.02. The van der Waals surface area contributed by atoms with E-state index in [0.29, 0.717) is 24.0 Å². The molecule has 0 aliphatic heterocycles. The highest BCUT2D eigenvalue weighted by molar-refractivity contribution is 7.89. The Hall–Kier alpha value is -1.22. The largest absolute Gasteiger partial charge is 0.329 e. The molecule has 1 rings (SSSR count). The first kappa shape index (κ1) is 21.8. The van der Waals surface area contributed by atoms with Gasteiger partial charge in [-0.25, -0.2) is 13.1 Å². The van der Waals surface area contributed by atoms with Crippen LogP contribution in [-0.4, -0.2) is 25.4 Å². The summed E-state index contributed by atoms with van der Waals surface area (Å²) in [5.41, 5.74) is 5.60. The van der Waals surface area contributed by atoms with Gasteiger partial charge in [-0.3, -0.25) is 10.1 Å². The van der Waals surface area contributed by atoms with Gasteiger partial charge in [-0.2, -0.15) is 0 Å². The Kier molecular flexibility index (Phi) is 7.62. The van der Waals surface area contributed by atoms with Crippen LogP contribution in [0.15, 0.2) is 17.0 Å². The van der Waals surface area contributed by atoms with Crippen LogP contribution in [0.1, 0.15) is 37.8 Å². The van der Waals surface area contributed by atoms with Crippen LogP contribution >= 0.6 is 12.4 Å². The average molecular weight is 366 g/mol. The van der Waals surface area contributed by atoms with Crippen molar-refractivity contribution < 1.29 is 13.3 Å². The number of hydrogen-bond donors (Lipinski definition) is 2. The number of nitro benzene ring substituents is 1. The van der Waals surface area contributed by atoms with Gasteiger partial charge in [0.15, 0.2) is 0 Å². The molecule has 0 fully saturated rings. The Morgan fingerprint density at radius 2 is 1.65 bits per heavy atom. The molecule has 0 atom stereocenters. The van der Waals surface area contributed by atoms with E-state index in [-0.39, 0.29) is 29.5 Å². The minimum Gasteiger partial charge on any atom is -0.329 e. The van der Waals surface area contributed by atoms with Gasteiger partial charge in [0, 0.05) is 24.2 Å². The van der Waals surface area contributed by atoms with E-state index in [2.05, 4.69) is 4.72 Å². The van der Waals surface area contributed by atoms with Gasteiger partial charge in [-0.15, -0.1) is 12.4 Å². The second-order valence-corrected chi connectivity index (χ2v) is 7.08. The fourth-order valence-electron chi connectivity index (χ4n) is 2.52. The van der Waals surface area contributed by atoms with E-state index in [9.17, 15) is 18.5 Å². The maximum atomic E-state index is 12.7. The SMILES string of the molecule is CCC(CC)(CN)NS(=O)(=O)c1c(C)cc([N+](=O)[O-])cc1C.Cl. The molecule has 0 aromatic heterocycles. The first-order valence-corrected chi connectivity index (χ1v) is 8.60. The number of nitrogens with one attached hydrogen (secondary N) is 1. The van der Waals surface area contributed by atoms with E-state index in [1.807, 2.05) is 13.8 Å². The number of rotatable bonds is 7. The minimum absolute atomic E-state index is 0. The van der Waals surface area contributed by atoms with Gasteiger partial charge in [0.1, 0.15) is 0 Å². The van der Waals surface area contributed by atoms with Crippen LogP contribution in [0.2, 0.25) is 0 Å². The molecule has 7 nitrogen and oxygen atoms in total. The first-order chi connectivity index (χ1) is 10.1. The molecule has 0 amide bonds. The first-order valence-electron chi connectivity index (χ1n) is 7.12. The van der Waals surface area contributed by atoms with Crippen molar-refractivity contribution in [1.29, 1.82) is 0 Å². The third kappa shape index (κ3) is 4.63. The summed E-state index contributed by atoms with van der Waals surface area (Å²) >= 11 is 0. The molecular formula is C14H24ClN3O4S. The molecule has 23 heavy (non-hydrogen) atoms. The predicted octanol–water partition coefficient (Wildman–Crippen LogP) is 2.43. The number of nitro groups is 1. The topological polar surface area (TPSA) is 115 Å². The zero-order valence-corrected chi connectivity index (χ0v) is 15.4. The van der Waals surface area contributed by atoms with Gasteiger partial charge < -0.3 is 5.73 Å². The van der Waals surface area contributed by atoms with Crippen molar-refractivity contribution in [2.45, 2.75) is 51.0 Å². The normalized spacial score (nSPS) is 11.9. The van der Waals surface area contributed by atoms with Crippen molar-refractivity contribution in [2.75, 3.05) is 6.54 Å². The van der Waals surface area contributed by atoms with Crippen molar-refractivity contribution in [3.63, 3.8) is 0 Å². The summed E-state index contributed by atoms with van der Waals surface area (Å²) < 4.78 is 28.1. The van der Waals surface area contributed by atoms with E-state index in [0.717, 1.165) is 0 Å². The second kappa shape index (κ2) is 8.05. The predicted molar refractivity (Wildman–Crippen MR) is 92.5 cm³/mol. The maximum Gasteiger partial charge on any atom is 0.270 e. The van der Waals surface area contributed by atoms with Crippen molar-refractivity contribution in [1.82, 2.24) is 4.72 Å². The highest BCUT2D eigenvalue weighted by atomic mass is 35.5. The molecule has 0 saturated carbocycles. The third-order valence-corrected chi connectivity index (χ3v) is 5.90. The van der Waals surface area contributed by atoms with Crippen molar-refractivity contribution in [3.8, 4) is 0 Å². The highest BCUT2D eigenvalue weighted by Gasteiger charge is 2.32. The summed E-state index contributed by atoms with van der Waals surface area (Å²) in [6.45, 7) is 7.03. The summed E-state index contributed by atoms with van der Waals surface area (Å²) in [6, 6.07) is 2.53. The molecule has 0 saturated heterocycles. The van der Waals surface area contributed by atoms with Gasteiger partial charge in [-0.1, -0.05) is 13.8 Å². The summed E-state index contributed by atoms with van der Waals surface area (Å²) in [5.74, 6) is 0. The summed E-state index contributed by atoms with van der Waals surface area (Å²) in [7, 11) is -3.81. The molecule has 0 unspecified atom stereocenters. The molecule has 3 N–H and O–H groups in total. The van der Waals surface area contributed by atoms with Crippen LogP contribution in [-0.2, 0) is 10.0 Å². The van der Waals surface area contributed by atoms with Crippen LogP contribution in [0.3, 0.4) is 0 Å². The van der Waals surface area contributed by atoms with E-state index in [1.54, 1.807) is 13.8 Å². The van der Waals surface area contributed by atoms with Crippen molar-refractivity contribution in [2.24, 2.45) is 5.73 Å². The number of hydrogen-bond acceptors (Lipinski definition) is 5. The summed E-state index contributed by atoms with van der Waals surface area (Å²) in [5, 5.41) is 10.9. The zero-order chi connectivity index (χ0) is 17.1. The number of aryl methyl sites for hydroxylation is 2. The maximum absolute atomic E-state index is 12.7. The molecule has 0 bridgehead atoms. The standard InChI is InChI=1S/C14H23N3O4S.ClH/c1-5-14(6-2,9-15)16-22(20,21)13-10(3)7-12(17(18)19)8-11(13)4;/h7-8,16H,5-6,9,15H2,1-4H3;1H. The fraction of sp³-hybridized carbons (Fsp3) is 0.571. The number of halogens is 1. The van der Waals surface area contributed by atoms with Gasteiger partial charge in [0.05, 0.1) is 9.82 Å². The summed E-state index contributed by atoms with van der Waals surface area (Å²) in [6.07, 6.45) is 1.12. The molecule has 0 aliphatic rings. The lowest BCUT2D eigenvalue weighted by molar-refractivity contribution is -0.385. The van der Waals surface area contributed by atoms with E-state index < -0.39 is 20.5 Å². The van der Waals surface area contributed by atoms with Crippen LogP contribution < -0.4 is 10.5 Å². The van der Waals surface area contributed by atoms with Gasteiger partial charge >= 0.3 is 0 Å². The highest BCUT2D eigenvalue weighted by Crippen LogP contribution is 2.27. The quantitative estimate of drug-likeness (QED) is 0.568. The second-order valence-electron chi connectivity index (χ2n) is 5.46. The molecule has 0 heterocycles. The Bertz CT molecular complexity index is 641. The number of nitrogens with zero attached hydrogens (tertiary/aromatic N) is 1. The van der Waals surface area contributed by atoms with Crippen LogP contribution in [0.25, 0.3) is 0 Å². The van der Waals surface area contributed by atoms with Crippen LogP contribution in [0.5, 0.6) is 0 Å². The Morgan fingerprint density at radius 3 is 1.96 bits per heavy atom. The molecule has 132 valence electrons. The Labute approximate surface area is 143 Å². The number of nitrogens with two attached hydrogens (primary N) is 1. The molecular weight excluding hydrogens is 342 g/mol. The molecule has 1 aromatic carbocycles. The average Bonchev–Trinajstić information content (AvgIpc) is 2.43. The zero-order valence-electron chi connectivity index (χ0n) is 13.8. The van der Waals surface area contributed by atoms with Crippen LogP contribution in [0.4, 0.5) is 5.69 Å². The molecule has 1 aromatic rings. The Morgan fingerprint density at radius 1 is 1.22 bits per heavy atom. The minimum atomic E-state index is -3.81. The van der Waals surface area contributed by atoms with E-state index in [1.165, 1.54) is 12.1 Å². The van der Waals surface area contributed by atoms with E-state index >= 15 is 0 Å². The lowest BCUT2D eigenvalue weighted by Gasteiger charge is -2.31.